The van der Waals surface area contributed by atoms with E-state index in [4.69, 9.17) is 9.15 Å². The molecule has 0 saturated heterocycles. The van der Waals surface area contributed by atoms with Gasteiger partial charge in [0.15, 0.2) is 0 Å². The molecule has 0 spiro atoms. The molecule has 2 amide bonds. The number of rotatable bonds is 6. The first-order valence-electron chi connectivity index (χ1n) is 10.4. The van der Waals surface area contributed by atoms with Crippen molar-refractivity contribution in [3.63, 3.8) is 0 Å². The number of aromatic nitrogens is 2. The van der Waals surface area contributed by atoms with Crippen LogP contribution in [0.4, 0.5) is 0 Å². The highest BCUT2D eigenvalue weighted by Gasteiger charge is 2.14. The van der Waals surface area contributed by atoms with Gasteiger partial charge in [0.1, 0.15) is 5.75 Å². The normalized spacial score (nSPS) is 10.4. The molecule has 0 fully saturated rings. The number of methoxy groups -OCH3 is 1. The quantitative estimate of drug-likeness (QED) is 0.415. The predicted octanol–water partition coefficient (Wildman–Crippen LogP) is 4.52. The largest absolute Gasteiger partial charge is 0.497 e. The monoisotopic (exact) mass is 454 g/mol. The Hall–Kier alpha value is -4.72. The average molecular weight is 454 g/mol. The summed E-state index contributed by atoms with van der Waals surface area (Å²) in [6, 6.07) is 20.9. The van der Waals surface area contributed by atoms with Gasteiger partial charge in [-0.25, -0.2) is 0 Å². The number of hydrazine groups is 1. The molecule has 0 atom stereocenters. The Morgan fingerprint density at radius 1 is 0.794 bits per heavy atom. The van der Waals surface area contributed by atoms with Gasteiger partial charge >= 0.3 is 0 Å². The van der Waals surface area contributed by atoms with Gasteiger partial charge in [-0.2, -0.15) is 0 Å². The van der Waals surface area contributed by atoms with E-state index in [9.17, 15) is 9.59 Å². The number of hydrogen-bond donors (Lipinski definition) is 2. The Balaban J connectivity index is 1.45. The summed E-state index contributed by atoms with van der Waals surface area (Å²) in [7, 11) is 1.51. The van der Waals surface area contributed by atoms with E-state index in [1.807, 2.05) is 31.2 Å². The minimum absolute atomic E-state index is 0.272. The van der Waals surface area contributed by atoms with Gasteiger partial charge in [-0.15, -0.1) is 10.2 Å². The summed E-state index contributed by atoms with van der Waals surface area (Å²) in [5.74, 6) is 0.214. The molecule has 1 heterocycles. The van der Waals surface area contributed by atoms with Crippen LogP contribution in [0.1, 0.15) is 33.2 Å². The lowest BCUT2D eigenvalue weighted by atomic mass is 10.1. The molecule has 0 aliphatic heterocycles. The zero-order chi connectivity index (χ0) is 24.1. The van der Waals surface area contributed by atoms with Crippen molar-refractivity contribution < 1.29 is 18.7 Å². The third kappa shape index (κ3) is 5.02. The molecule has 0 aliphatic rings. The van der Waals surface area contributed by atoms with Crippen LogP contribution in [0, 0.1) is 0 Å². The van der Waals surface area contributed by atoms with Crippen molar-refractivity contribution in [2.75, 3.05) is 7.11 Å². The van der Waals surface area contributed by atoms with Crippen molar-refractivity contribution in [3.05, 3.63) is 96.1 Å². The maximum atomic E-state index is 12.6. The fourth-order valence-corrected chi connectivity index (χ4v) is 3.17. The Labute approximate surface area is 196 Å². The van der Waals surface area contributed by atoms with Gasteiger partial charge in [0, 0.05) is 22.3 Å². The molecule has 0 saturated carbocycles. The van der Waals surface area contributed by atoms with Gasteiger partial charge in [0.25, 0.3) is 11.8 Å². The fraction of sp³-hybridized carbons (Fsp3) is 0.0769. The Morgan fingerprint density at radius 3 is 2.00 bits per heavy atom. The average Bonchev–Trinajstić information content (AvgIpc) is 3.37. The molecule has 170 valence electrons. The number of allylic oxidation sites excluding steroid dienone is 1. The van der Waals surface area contributed by atoms with Crippen molar-refractivity contribution >= 4 is 17.4 Å². The van der Waals surface area contributed by atoms with Gasteiger partial charge in [0.2, 0.25) is 11.8 Å². The summed E-state index contributed by atoms with van der Waals surface area (Å²) in [5, 5.41) is 8.22. The number of hydrogen-bond acceptors (Lipinski definition) is 6. The molecule has 1 aromatic heterocycles. The maximum absolute atomic E-state index is 12.6. The summed E-state index contributed by atoms with van der Waals surface area (Å²) in [4.78, 5) is 24.9. The number of ether oxygens (including phenoxy) is 1. The van der Waals surface area contributed by atoms with Crippen molar-refractivity contribution in [1.82, 2.24) is 21.0 Å². The number of amides is 2. The second kappa shape index (κ2) is 9.83. The zero-order valence-electron chi connectivity index (χ0n) is 18.7. The number of carbonyl (C=O) groups excluding carboxylic acids is 2. The van der Waals surface area contributed by atoms with E-state index in [1.165, 1.54) is 7.11 Å². The first kappa shape index (κ1) is 22.5. The molecule has 2 N–H and O–H groups in total. The molecule has 8 nitrogen and oxygen atoms in total. The van der Waals surface area contributed by atoms with Crippen LogP contribution in [0.15, 0.2) is 83.8 Å². The van der Waals surface area contributed by atoms with Crippen LogP contribution in [0.5, 0.6) is 5.75 Å². The van der Waals surface area contributed by atoms with E-state index in [1.54, 1.807) is 48.5 Å². The first-order chi connectivity index (χ1) is 16.4. The Bertz CT molecular complexity index is 1360. The molecule has 3 aromatic carbocycles. The van der Waals surface area contributed by atoms with Crippen molar-refractivity contribution in [2.24, 2.45) is 0 Å². The summed E-state index contributed by atoms with van der Waals surface area (Å²) in [6.07, 6.45) is 0. The van der Waals surface area contributed by atoms with Gasteiger partial charge in [-0.3, -0.25) is 20.4 Å². The van der Waals surface area contributed by atoms with Gasteiger partial charge in [-0.1, -0.05) is 36.4 Å². The third-order valence-corrected chi connectivity index (χ3v) is 5.04. The lowest BCUT2D eigenvalue weighted by Crippen LogP contribution is -2.41. The van der Waals surface area contributed by atoms with Crippen LogP contribution >= 0.6 is 0 Å². The second-order valence-electron chi connectivity index (χ2n) is 7.49. The standard InChI is InChI=1S/C26H22N4O4/c1-16(2)17-10-12-18(13-11-17)25-29-30-26(34-25)21-8-4-6-19(14-21)23(31)27-28-24(32)20-7-5-9-22(15-20)33-3/h4-15H,1H2,2-3H3,(H,27,31)(H,28,32). The SMILES string of the molecule is C=C(C)c1ccc(-c2nnc(-c3cccc(C(=O)NNC(=O)c4cccc(OC)c4)c3)o2)cc1. The van der Waals surface area contributed by atoms with E-state index in [0.29, 0.717) is 28.3 Å². The van der Waals surface area contributed by atoms with Crippen LogP contribution in [-0.4, -0.2) is 29.1 Å². The van der Waals surface area contributed by atoms with E-state index >= 15 is 0 Å². The lowest BCUT2D eigenvalue weighted by Gasteiger charge is -2.09. The smallest absolute Gasteiger partial charge is 0.269 e. The van der Waals surface area contributed by atoms with Gasteiger partial charge in [0.05, 0.1) is 7.11 Å². The number of benzene rings is 3. The minimum Gasteiger partial charge on any atom is -0.497 e. The molecular formula is C26H22N4O4. The molecule has 0 aliphatic carbocycles. The number of nitrogens with one attached hydrogen (secondary N) is 2. The Morgan fingerprint density at radius 2 is 1.38 bits per heavy atom. The summed E-state index contributed by atoms with van der Waals surface area (Å²) >= 11 is 0. The van der Waals surface area contributed by atoms with E-state index in [-0.39, 0.29) is 5.89 Å². The van der Waals surface area contributed by atoms with E-state index in [0.717, 1.165) is 16.7 Å². The first-order valence-corrected chi connectivity index (χ1v) is 10.4. The fourth-order valence-electron chi connectivity index (χ4n) is 3.17. The molecule has 0 radical (unpaired) electrons. The van der Waals surface area contributed by atoms with Gasteiger partial charge in [-0.05, 0) is 61.0 Å². The molecule has 34 heavy (non-hydrogen) atoms. The van der Waals surface area contributed by atoms with E-state index < -0.39 is 11.8 Å². The van der Waals surface area contributed by atoms with E-state index in [2.05, 4.69) is 27.6 Å². The van der Waals surface area contributed by atoms with Crippen LogP contribution in [0.25, 0.3) is 28.5 Å². The van der Waals surface area contributed by atoms with Crippen LogP contribution < -0.4 is 15.6 Å². The highest BCUT2D eigenvalue weighted by atomic mass is 16.5. The summed E-state index contributed by atoms with van der Waals surface area (Å²) < 4.78 is 10.9. The van der Waals surface area contributed by atoms with Crippen LogP contribution in [-0.2, 0) is 0 Å². The van der Waals surface area contributed by atoms with Crippen molar-refractivity contribution in [1.29, 1.82) is 0 Å². The predicted molar refractivity (Wildman–Crippen MR) is 128 cm³/mol. The molecule has 4 rings (SSSR count). The second-order valence-corrected chi connectivity index (χ2v) is 7.49. The van der Waals surface area contributed by atoms with Gasteiger partial charge < -0.3 is 9.15 Å². The molecule has 4 aromatic rings. The maximum Gasteiger partial charge on any atom is 0.269 e. The zero-order valence-corrected chi connectivity index (χ0v) is 18.7. The Kier molecular flexibility index (Phi) is 6.49. The topological polar surface area (TPSA) is 106 Å². The highest BCUT2D eigenvalue weighted by Crippen LogP contribution is 2.25. The molecular weight excluding hydrogens is 432 g/mol. The molecule has 8 heteroatoms. The molecule has 0 unspecified atom stereocenters. The third-order valence-electron chi connectivity index (χ3n) is 5.04. The summed E-state index contributed by atoms with van der Waals surface area (Å²) in [5.41, 5.74) is 8.81. The number of nitrogens with zero attached hydrogens (tertiary/aromatic N) is 2. The van der Waals surface area contributed by atoms with Crippen molar-refractivity contribution in [2.45, 2.75) is 6.92 Å². The van der Waals surface area contributed by atoms with Crippen LogP contribution in [0.3, 0.4) is 0 Å². The molecule has 0 bridgehead atoms. The minimum atomic E-state index is -0.492. The lowest BCUT2D eigenvalue weighted by molar-refractivity contribution is 0.0846. The summed E-state index contributed by atoms with van der Waals surface area (Å²) in [6.45, 7) is 5.86. The van der Waals surface area contributed by atoms with Crippen molar-refractivity contribution in [3.8, 4) is 28.7 Å². The van der Waals surface area contributed by atoms with Crippen LogP contribution in [0.2, 0.25) is 0 Å². The highest BCUT2D eigenvalue weighted by molar-refractivity contribution is 5.99. The number of carbonyl (C=O) groups is 2.